The first kappa shape index (κ1) is 22.6. The van der Waals surface area contributed by atoms with Gasteiger partial charge in [0.05, 0.1) is 10.2 Å². The van der Waals surface area contributed by atoms with E-state index >= 15 is 0 Å². The first-order valence-corrected chi connectivity index (χ1v) is 10.00. The fourth-order valence-corrected chi connectivity index (χ4v) is 4.18. The van der Waals surface area contributed by atoms with Gasteiger partial charge in [0.25, 0.3) is 5.91 Å². The molecule has 9 heteroatoms. The fourth-order valence-electron chi connectivity index (χ4n) is 2.98. The van der Waals surface area contributed by atoms with Crippen LogP contribution >= 0.6 is 35.3 Å². The molecule has 0 fully saturated rings. The highest BCUT2D eigenvalue weighted by molar-refractivity contribution is 7.22. The molecule has 0 saturated carbocycles. The Hall–Kier alpha value is -1.67. The van der Waals surface area contributed by atoms with Crippen LogP contribution < -0.4 is 4.90 Å². The van der Waals surface area contributed by atoms with E-state index in [4.69, 9.17) is 16.6 Å². The molecule has 2 heterocycles. The van der Waals surface area contributed by atoms with Gasteiger partial charge in [-0.1, -0.05) is 22.9 Å². The van der Waals surface area contributed by atoms with Gasteiger partial charge in [-0.3, -0.25) is 14.4 Å². The Labute approximate surface area is 180 Å². The highest BCUT2D eigenvalue weighted by atomic mass is 35.5. The minimum atomic E-state index is -0.116. The number of carbonyl (C=O) groups excluding carboxylic acids is 1. The Morgan fingerprint density at radius 1 is 1.25 bits per heavy atom. The number of hydrogen-bond acceptors (Lipinski definition) is 5. The SMILES string of the molecule is Cc1cn(C)nc1C(=O)N(CCCN(C)C)c1nc2c(C)c(Cl)ccc2s1.Cl. The molecule has 0 spiro atoms. The molecule has 0 N–H and O–H groups in total. The van der Waals surface area contributed by atoms with E-state index in [-0.39, 0.29) is 18.3 Å². The van der Waals surface area contributed by atoms with Gasteiger partial charge in [0.1, 0.15) is 0 Å². The molecule has 6 nitrogen and oxygen atoms in total. The third-order valence-electron chi connectivity index (χ3n) is 4.41. The van der Waals surface area contributed by atoms with Crippen LogP contribution in [0, 0.1) is 13.8 Å². The summed E-state index contributed by atoms with van der Waals surface area (Å²) in [7, 11) is 5.87. The molecule has 28 heavy (non-hydrogen) atoms. The number of rotatable bonds is 6. The third kappa shape index (κ3) is 4.66. The molecule has 0 saturated heterocycles. The second-order valence-corrected chi connectivity index (χ2v) is 8.38. The van der Waals surface area contributed by atoms with Crippen molar-refractivity contribution in [1.82, 2.24) is 19.7 Å². The van der Waals surface area contributed by atoms with Gasteiger partial charge in [-0.2, -0.15) is 5.10 Å². The number of benzene rings is 1. The number of aromatic nitrogens is 3. The summed E-state index contributed by atoms with van der Waals surface area (Å²) in [5.74, 6) is -0.116. The van der Waals surface area contributed by atoms with Gasteiger partial charge in [-0.25, -0.2) is 4.98 Å². The number of thiazole rings is 1. The molecule has 0 unspecified atom stereocenters. The summed E-state index contributed by atoms with van der Waals surface area (Å²) in [6, 6.07) is 3.84. The summed E-state index contributed by atoms with van der Waals surface area (Å²) < 4.78 is 2.69. The Morgan fingerprint density at radius 3 is 2.57 bits per heavy atom. The van der Waals surface area contributed by atoms with Crippen molar-refractivity contribution in [3.05, 3.63) is 40.2 Å². The summed E-state index contributed by atoms with van der Waals surface area (Å²) in [5, 5.41) is 5.73. The van der Waals surface area contributed by atoms with Crippen LogP contribution in [0.1, 0.15) is 28.0 Å². The Balaban J connectivity index is 0.00000280. The van der Waals surface area contributed by atoms with Crippen LogP contribution in [0.4, 0.5) is 5.13 Å². The standard InChI is InChI=1S/C19H24ClN5OS.ClH/c1-12-11-24(5)22-16(12)18(26)25(10-6-9-23(3)4)19-21-17-13(2)14(20)7-8-15(17)27-19;/h7-8,11H,6,9-10H2,1-5H3;1H. The summed E-state index contributed by atoms with van der Waals surface area (Å²) >= 11 is 7.75. The van der Waals surface area contributed by atoms with E-state index in [2.05, 4.69) is 10.00 Å². The lowest BCUT2D eigenvalue weighted by molar-refractivity contribution is 0.0980. The molecule has 0 aliphatic rings. The van der Waals surface area contributed by atoms with Crippen molar-refractivity contribution in [3.8, 4) is 0 Å². The van der Waals surface area contributed by atoms with Crippen LogP contribution in [0.3, 0.4) is 0 Å². The zero-order valence-electron chi connectivity index (χ0n) is 16.7. The number of fused-ring (bicyclic) bond motifs is 1. The average Bonchev–Trinajstić information content (AvgIpc) is 3.17. The van der Waals surface area contributed by atoms with E-state index in [9.17, 15) is 4.79 Å². The Morgan fingerprint density at radius 2 is 1.96 bits per heavy atom. The predicted octanol–water partition coefficient (Wildman–Crippen LogP) is 4.32. The maximum Gasteiger partial charge on any atom is 0.280 e. The van der Waals surface area contributed by atoms with Crippen LogP contribution in [-0.2, 0) is 7.05 Å². The fraction of sp³-hybridized carbons (Fsp3) is 0.421. The molecule has 0 aliphatic heterocycles. The number of anilines is 1. The first-order valence-electron chi connectivity index (χ1n) is 8.80. The maximum atomic E-state index is 13.3. The van der Waals surface area contributed by atoms with E-state index in [1.54, 1.807) is 9.58 Å². The van der Waals surface area contributed by atoms with Gasteiger partial charge in [-0.15, -0.1) is 12.4 Å². The lowest BCUT2D eigenvalue weighted by Crippen LogP contribution is -2.34. The molecular weight excluding hydrogens is 417 g/mol. The number of hydrogen-bond donors (Lipinski definition) is 0. The number of aryl methyl sites for hydroxylation is 3. The zero-order valence-corrected chi connectivity index (χ0v) is 19.1. The van der Waals surface area contributed by atoms with E-state index in [1.807, 2.05) is 53.3 Å². The molecular formula is C19H25Cl2N5OS. The molecule has 3 rings (SSSR count). The summed E-state index contributed by atoms with van der Waals surface area (Å²) in [6.07, 6.45) is 2.70. The van der Waals surface area contributed by atoms with Gasteiger partial charge in [0, 0.05) is 30.4 Å². The van der Waals surface area contributed by atoms with E-state index in [1.165, 1.54) is 11.3 Å². The molecule has 1 aromatic carbocycles. The first-order chi connectivity index (χ1) is 12.8. The number of nitrogens with zero attached hydrogens (tertiary/aromatic N) is 5. The van der Waals surface area contributed by atoms with Crippen molar-refractivity contribution < 1.29 is 4.79 Å². The normalized spacial score (nSPS) is 11.1. The van der Waals surface area contributed by atoms with Crippen molar-refractivity contribution >= 4 is 56.6 Å². The van der Waals surface area contributed by atoms with Crippen molar-refractivity contribution in [1.29, 1.82) is 0 Å². The average molecular weight is 442 g/mol. The van der Waals surface area contributed by atoms with Crippen molar-refractivity contribution in [2.75, 3.05) is 32.1 Å². The highest BCUT2D eigenvalue weighted by Crippen LogP contribution is 2.34. The largest absolute Gasteiger partial charge is 0.309 e. The molecule has 0 radical (unpaired) electrons. The predicted molar refractivity (Wildman–Crippen MR) is 119 cm³/mol. The van der Waals surface area contributed by atoms with Gasteiger partial charge < -0.3 is 4.90 Å². The summed E-state index contributed by atoms with van der Waals surface area (Å²) in [4.78, 5) is 21.9. The molecule has 0 atom stereocenters. The summed E-state index contributed by atoms with van der Waals surface area (Å²) in [6.45, 7) is 5.33. The molecule has 3 aromatic rings. The summed E-state index contributed by atoms with van der Waals surface area (Å²) in [5.41, 5.74) is 3.12. The minimum Gasteiger partial charge on any atom is -0.309 e. The molecule has 0 aliphatic carbocycles. The minimum absolute atomic E-state index is 0. The van der Waals surface area contributed by atoms with Crippen LogP contribution in [0.25, 0.3) is 10.2 Å². The van der Waals surface area contributed by atoms with Crippen LogP contribution in [0.2, 0.25) is 5.02 Å². The second-order valence-electron chi connectivity index (χ2n) is 6.96. The number of halogens is 2. The van der Waals surface area contributed by atoms with E-state index < -0.39 is 0 Å². The highest BCUT2D eigenvalue weighted by Gasteiger charge is 2.25. The quantitative estimate of drug-likeness (QED) is 0.571. The molecule has 0 bridgehead atoms. The number of amides is 1. The maximum absolute atomic E-state index is 13.3. The smallest absolute Gasteiger partial charge is 0.280 e. The van der Waals surface area contributed by atoms with Crippen LogP contribution in [-0.4, -0.2) is 52.8 Å². The van der Waals surface area contributed by atoms with Crippen molar-refractivity contribution in [2.45, 2.75) is 20.3 Å². The monoisotopic (exact) mass is 441 g/mol. The van der Waals surface area contributed by atoms with E-state index in [0.29, 0.717) is 22.4 Å². The lowest BCUT2D eigenvalue weighted by atomic mass is 10.2. The molecule has 2 aromatic heterocycles. The third-order valence-corrected chi connectivity index (χ3v) is 5.87. The van der Waals surface area contributed by atoms with Crippen LogP contribution in [0.15, 0.2) is 18.3 Å². The van der Waals surface area contributed by atoms with Crippen molar-refractivity contribution in [3.63, 3.8) is 0 Å². The Bertz CT molecular complexity index is 982. The van der Waals surface area contributed by atoms with Gasteiger partial charge in [-0.05, 0) is 58.6 Å². The number of carbonyl (C=O) groups is 1. The van der Waals surface area contributed by atoms with E-state index in [0.717, 1.165) is 34.3 Å². The zero-order chi connectivity index (χ0) is 19.7. The van der Waals surface area contributed by atoms with Gasteiger partial charge in [0.2, 0.25) is 0 Å². The lowest BCUT2D eigenvalue weighted by Gasteiger charge is -2.20. The molecule has 1 amide bonds. The molecule has 152 valence electrons. The van der Waals surface area contributed by atoms with Gasteiger partial charge in [0.15, 0.2) is 10.8 Å². The van der Waals surface area contributed by atoms with Gasteiger partial charge >= 0.3 is 0 Å². The Kier molecular flexibility index (Phi) is 7.45. The van der Waals surface area contributed by atoms with Crippen LogP contribution in [0.5, 0.6) is 0 Å². The van der Waals surface area contributed by atoms with Crippen molar-refractivity contribution in [2.24, 2.45) is 7.05 Å². The second kappa shape index (κ2) is 9.22. The topological polar surface area (TPSA) is 54.3 Å².